The first-order valence-corrected chi connectivity index (χ1v) is 4.72. The first-order chi connectivity index (χ1) is 6.50. The number of nitrogens with zero attached hydrogens (tertiary/aromatic N) is 1. The van der Waals surface area contributed by atoms with Crippen molar-refractivity contribution in [3.8, 4) is 0 Å². The van der Waals surface area contributed by atoms with Crippen LogP contribution in [0.4, 0.5) is 0 Å². The molecular formula is C9H16N2O3. The van der Waals surface area contributed by atoms with Crippen LogP contribution in [-0.4, -0.2) is 48.1 Å². The molecule has 2 N–H and O–H groups in total. The topological polar surface area (TPSA) is 69.6 Å². The van der Waals surface area contributed by atoms with E-state index in [1.54, 1.807) is 0 Å². The number of aliphatic carboxylic acids is 1. The van der Waals surface area contributed by atoms with Gasteiger partial charge in [-0.25, -0.2) is 0 Å². The van der Waals surface area contributed by atoms with E-state index in [0.29, 0.717) is 0 Å². The minimum atomic E-state index is -0.996. The Morgan fingerprint density at radius 3 is 2.64 bits per heavy atom. The van der Waals surface area contributed by atoms with Crippen molar-refractivity contribution < 1.29 is 14.7 Å². The van der Waals surface area contributed by atoms with E-state index in [1.807, 2.05) is 7.05 Å². The fraction of sp³-hybridized carbons (Fsp3) is 0.778. The molecule has 14 heavy (non-hydrogen) atoms. The Kier molecular flexibility index (Phi) is 3.46. The molecule has 2 unspecified atom stereocenters. The zero-order chi connectivity index (χ0) is 10.7. The van der Waals surface area contributed by atoms with Crippen molar-refractivity contribution >= 4 is 11.9 Å². The monoisotopic (exact) mass is 200 g/mol. The van der Waals surface area contributed by atoms with Gasteiger partial charge in [-0.3, -0.25) is 9.59 Å². The quantitative estimate of drug-likeness (QED) is 0.646. The lowest BCUT2D eigenvalue weighted by Crippen LogP contribution is -2.42. The third-order valence-corrected chi connectivity index (χ3v) is 2.49. The van der Waals surface area contributed by atoms with Crippen LogP contribution in [0.2, 0.25) is 0 Å². The van der Waals surface area contributed by atoms with Gasteiger partial charge in [0.25, 0.3) is 0 Å². The van der Waals surface area contributed by atoms with Crippen LogP contribution < -0.4 is 5.32 Å². The summed E-state index contributed by atoms with van der Waals surface area (Å²) in [4.78, 5) is 24.1. The van der Waals surface area contributed by atoms with Gasteiger partial charge in [-0.2, -0.15) is 0 Å². The number of carbonyl (C=O) groups is 2. The van der Waals surface area contributed by atoms with Crippen LogP contribution in [0.3, 0.4) is 0 Å². The summed E-state index contributed by atoms with van der Waals surface area (Å²) in [5, 5.41) is 11.1. The molecule has 0 radical (unpaired) electrons. The highest BCUT2D eigenvalue weighted by Crippen LogP contribution is 2.14. The molecule has 1 aliphatic rings. The van der Waals surface area contributed by atoms with Gasteiger partial charge < -0.3 is 15.3 Å². The highest BCUT2D eigenvalue weighted by atomic mass is 16.4. The zero-order valence-electron chi connectivity index (χ0n) is 8.49. The van der Waals surface area contributed by atoms with E-state index >= 15 is 0 Å². The van der Waals surface area contributed by atoms with Crippen molar-refractivity contribution in [3.63, 3.8) is 0 Å². The average molecular weight is 200 g/mol. The summed E-state index contributed by atoms with van der Waals surface area (Å²) in [5.41, 5.74) is 0. The third kappa shape index (κ3) is 2.70. The van der Waals surface area contributed by atoms with Crippen molar-refractivity contribution in [2.75, 3.05) is 20.1 Å². The lowest BCUT2D eigenvalue weighted by molar-refractivity contribution is -0.141. The number of nitrogens with one attached hydrogen (secondary N) is 1. The molecular weight excluding hydrogens is 184 g/mol. The van der Waals surface area contributed by atoms with Crippen molar-refractivity contribution in [1.29, 1.82) is 0 Å². The molecule has 2 atom stereocenters. The Hall–Kier alpha value is -1.10. The zero-order valence-corrected chi connectivity index (χ0v) is 8.49. The average Bonchev–Trinajstić information content (AvgIpc) is 2.51. The summed E-state index contributed by atoms with van der Waals surface area (Å²) in [5.74, 6) is -1.20. The highest BCUT2D eigenvalue weighted by molar-refractivity contribution is 5.85. The van der Waals surface area contributed by atoms with Gasteiger partial charge in [0, 0.05) is 6.54 Å². The molecule has 1 heterocycles. The van der Waals surface area contributed by atoms with Crippen LogP contribution in [0.25, 0.3) is 0 Å². The minimum Gasteiger partial charge on any atom is -0.480 e. The molecule has 0 spiro atoms. The lowest BCUT2D eigenvalue weighted by Gasteiger charge is -2.13. The van der Waals surface area contributed by atoms with Gasteiger partial charge in [0.05, 0.1) is 5.92 Å². The van der Waals surface area contributed by atoms with E-state index < -0.39 is 12.0 Å². The molecule has 0 saturated carbocycles. The van der Waals surface area contributed by atoms with Gasteiger partial charge in [-0.1, -0.05) is 0 Å². The molecule has 1 saturated heterocycles. The Bertz CT molecular complexity index is 242. The first kappa shape index (κ1) is 11.0. The highest BCUT2D eigenvalue weighted by Gasteiger charge is 2.27. The Labute approximate surface area is 83.1 Å². The number of likely N-dealkylation sites (tertiary alicyclic amines) is 1. The minimum absolute atomic E-state index is 0.0539. The summed E-state index contributed by atoms with van der Waals surface area (Å²) in [6.07, 6.45) is 0.814. The van der Waals surface area contributed by atoms with Crippen LogP contribution in [0.15, 0.2) is 0 Å². The maximum Gasteiger partial charge on any atom is 0.325 e. The van der Waals surface area contributed by atoms with E-state index in [2.05, 4.69) is 10.2 Å². The largest absolute Gasteiger partial charge is 0.480 e. The second-order valence-electron chi connectivity index (χ2n) is 3.82. The standard InChI is InChI=1S/C9H16N2O3/c1-6(9(13)14)10-8(12)7-3-4-11(2)5-7/h6-7H,3-5H2,1-2H3,(H,10,12)(H,13,14). The molecule has 80 valence electrons. The summed E-state index contributed by atoms with van der Waals surface area (Å²) in [7, 11) is 1.95. The number of carboxylic acids is 1. The molecule has 1 amide bonds. The fourth-order valence-electron chi connectivity index (χ4n) is 1.54. The van der Waals surface area contributed by atoms with Crippen LogP contribution in [-0.2, 0) is 9.59 Å². The molecule has 5 heteroatoms. The number of amides is 1. The number of hydrogen-bond acceptors (Lipinski definition) is 3. The smallest absolute Gasteiger partial charge is 0.325 e. The van der Waals surface area contributed by atoms with Crippen LogP contribution >= 0.6 is 0 Å². The third-order valence-electron chi connectivity index (χ3n) is 2.49. The van der Waals surface area contributed by atoms with Crippen molar-refractivity contribution in [2.24, 2.45) is 5.92 Å². The number of carbonyl (C=O) groups excluding carboxylic acids is 1. The molecule has 0 bridgehead atoms. The molecule has 0 aliphatic carbocycles. The Morgan fingerprint density at radius 2 is 2.21 bits per heavy atom. The fourth-order valence-corrected chi connectivity index (χ4v) is 1.54. The van der Waals surface area contributed by atoms with Crippen molar-refractivity contribution in [3.05, 3.63) is 0 Å². The SMILES string of the molecule is CC(NC(=O)C1CCN(C)C1)C(=O)O. The van der Waals surface area contributed by atoms with E-state index in [0.717, 1.165) is 19.5 Å². The predicted octanol–water partition coefficient (Wildman–Crippen LogP) is -0.473. The number of carboxylic acid groups (broad SMARTS) is 1. The second kappa shape index (κ2) is 4.41. The normalized spacial score (nSPS) is 24.6. The van der Waals surface area contributed by atoms with Crippen LogP contribution in [0, 0.1) is 5.92 Å². The van der Waals surface area contributed by atoms with Gasteiger partial charge in [-0.05, 0) is 26.9 Å². The van der Waals surface area contributed by atoms with Crippen molar-refractivity contribution in [1.82, 2.24) is 10.2 Å². The van der Waals surface area contributed by atoms with Gasteiger partial charge in [0.2, 0.25) is 5.91 Å². The van der Waals surface area contributed by atoms with Gasteiger partial charge in [-0.15, -0.1) is 0 Å². The molecule has 1 aliphatic heterocycles. The van der Waals surface area contributed by atoms with Gasteiger partial charge >= 0.3 is 5.97 Å². The lowest BCUT2D eigenvalue weighted by atomic mass is 10.1. The van der Waals surface area contributed by atoms with E-state index in [1.165, 1.54) is 6.92 Å². The number of rotatable bonds is 3. The molecule has 1 rings (SSSR count). The van der Waals surface area contributed by atoms with Gasteiger partial charge in [0.1, 0.15) is 6.04 Å². The summed E-state index contributed by atoms with van der Waals surface area (Å²) >= 11 is 0. The van der Waals surface area contributed by atoms with E-state index in [-0.39, 0.29) is 11.8 Å². The molecule has 0 aromatic rings. The maximum atomic E-state index is 11.5. The van der Waals surface area contributed by atoms with Crippen molar-refractivity contribution in [2.45, 2.75) is 19.4 Å². The predicted molar refractivity (Wildman–Crippen MR) is 50.8 cm³/mol. The first-order valence-electron chi connectivity index (χ1n) is 4.72. The summed E-state index contributed by atoms with van der Waals surface area (Å²) in [6.45, 7) is 3.09. The van der Waals surface area contributed by atoms with E-state index in [9.17, 15) is 9.59 Å². The second-order valence-corrected chi connectivity index (χ2v) is 3.82. The van der Waals surface area contributed by atoms with Crippen LogP contribution in [0.5, 0.6) is 0 Å². The Morgan fingerprint density at radius 1 is 1.57 bits per heavy atom. The number of hydrogen-bond donors (Lipinski definition) is 2. The molecule has 0 aromatic heterocycles. The van der Waals surface area contributed by atoms with Crippen LogP contribution in [0.1, 0.15) is 13.3 Å². The summed E-state index contributed by atoms with van der Waals surface area (Å²) in [6, 6.07) is -0.798. The Balaban J connectivity index is 2.39. The maximum absolute atomic E-state index is 11.5. The molecule has 1 fully saturated rings. The summed E-state index contributed by atoms with van der Waals surface area (Å²) < 4.78 is 0. The molecule has 0 aromatic carbocycles. The van der Waals surface area contributed by atoms with Gasteiger partial charge in [0.15, 0.2) is 0 Å². The molecule has 5 nitrogen and oxygen atoms in total. The van der Waals surface area contributed by atoms with E-state index in [4.69, 9.17) is 5.11 Å².